The van der Waals surface area contributed by atoms with Crippen molar-refractivity contribution in [3.05, 3.63) is 11.4 Å². The maximum absolute atomic E-state index is 10.9. The van der Waals surface area contributed by atoms with E-state index in [0.29, 0.717) is 5.70 Å². The maximum Gasteiger partial charge on any atom is 0.353 e. The minimum Gasteiger partial charge on any atom is -0.478 e. The molecule has 1 rings (SSSR count). The van der Waals surface area contributed by atoms with Crippen LogP contribution < -0.4 is 5.32 Å². The fraction of sp³-hybridized carbons (Fsp3) is 0.500. The lowest BCUT2D eigenvalue weighted by Crippen LogP contribution is -2.55. The lowest BCUT2D eigenvalue weighted by molar-refractivity contribution is -0.149. The number of likely N-dealkylation sites (N-methyl/N-ethyl adjacent to an activating group) is 1. The van der Waals surface area contributed by atoms with Crippen LogP contribution in [0.2, 0.25) is 0 Å². The third-order valence-corrected chi connectivity index (χ3v) is 2.53. The van der Waals surface area contributed by atoms with Crippen LogP contribution in [0.4, 0.5) is 0 Å². The zero-order chi connectivity index (χ0) is 11.1. The molecule has 1 unspecified atom stereocenters. The topological polar surface area (TPSA) is 89.9 Å². The molecule has 3 N–H and O–H groups in total. The normalized spacial score (nSPS) is 26.4. The number of hydrogen-bond acceptors (Lipinski definition) is 4. The van der Waals surface area contributed by atoms with E-state index < -0.39 is 17.6 Å². The van der Waals surface area contributed by atoms with Crippen LogP contribution in [0.3, 0.4) is 0 Å². The van der Waals surface area contributed by atoms with Gasteiger partial charge in [-0.2, -0.15) is 0 Å². The Bertz CT molecular complexity index is 336. The third-order valence-electron chi connectivity index (χ3n) is 2.53. The van der Waals surface area contributed by atoms with Gasteiger partial charge in [-0.1, -0.05) is 0 Å². The van der Waals surface area contributed by atoms with E-state index >= 15 is 0 Å². The summed E-state index contributed by atoms with van der Waals surface area (Å²) in [6.07, 6.45) is 0. The number of carboxylic acid groups (broad SMARTS) is 2. The molecule has 6 heteroatoms. The number of carbonyl (C=O) groups is 2. The van der Waals surface area contributed by atoms with Gasteiger partial charge in [-0.25, -0.2) is 9.59 Å². The molecule has 0 amide bonds. The molecule has 0 bridgehead atoms. The van der Waals surface area contributed by atoms with E-state index in [2.05, 4.69) is 5.32 Å². The Morgan fingerprint density at radius 2 is 1.93 bits per heavy atom. The Balaban J connectivity index is 3.10. The van der Waals surface area contributed by atoms with E-state index in [0.717, 1.165) is 0 Å². The van der Waals surface area contributed by atoms with Crippen molar-refractivity contribution in [3.63, 3.8) is 0 Å². The van der Waals surface area contributed by atoms with Gasteiger partial charge < -0.3 is 20.4 Å². The summed E-state index contributed by atoms with van der Waals surface area (Å²) in [6, 6.07) is 0. The van der Waals surface area contributed by atoms with Gasteiger partial charge in [-0.3, -0.25) is 0 Å². The monoisotopic (exact) mass is 200 g/mol. The molecule has 0 aliphatic carbocycles. The maximum atomic E-state index is 10.9. The van der Waals surface area contributed by atoms with Crippen LogP contribution in [0.5, 0.6) is 0 Å². The van der Waals surface area contributed by atoms with Crippen molar-refractivity contribution in [2.75, 3.05) is 7.05 Å². The summed E-state index contributed by atoms with van der Waals surface area (Å²) in [7, 11) is 1.53. The second-order valence-corrected chi connectivity index (χ2v) is 3.33. The van der Waals surface area contributed by atoms with Gasteiger partial charge in [-0.15, -0.1) is 0 Å². The Morgan fingerprint density at radius 3 is 2.14 bits per heavy atom. The summed E-state index contributed by atoms with van der Waals surface area (Å²) in [5.74, 6) is -2.27. The minimum atomic E-state index is -1.38. The second kappa shape index (κ2) is 2.90. The first-order chi connectivity index (χ1) is 6.30. The smallest absolute Gasteiger partial charge is 0.353 e. The van der Waals surface area contributed by atoms with Crippen molar-refractivity contribution in [2.45, 2.75) is 19.5 Å². The zero-order valence-corrected chi connectivity index (χ0v) is 8.16. The molecule has 1 aliphatic rings. The SMILES string of the molecule is CC1=C(C(=O)O)NC(C)(C(=O)O)N1C. The summed E-state index contributed by atoms with van der Waals surface area (Å²) in [4.78, 5) is 23.0. The largest absolute Gasteiger partial charge is 0.478 e. The average Bonchev–Trinajstić information content (AvgIpc) is 2.31. The molecule has 0 saturated heterocycles. The van der Waals surface area contributed by atoms with Gasteiger partial charge in [0, 0.05) is 12.7 Å². The van der Waals surface area contributed by atoms with Crippen LogP contribution >= 0.6 is 0 Å². The van der Waals surface area contributed by atoms with Gasteiger partial charge >= 0.3 is 11.9 Å². The Kier molecular flexibility index (Phi) is 2.15. The first-order valence-corrected chi connectivity index (χ1v) is 4.00. The summed E-state index contributed by atoms with van der Waals surface area (Å²) in [5, 5.41) is 20.2. The van der Waals surface area contributed by atoms with Crippen molar-refractivity contribution in [2.24, 2.45) is 0 Å². The predicted molar refractivity (Wildman–Crippen MR) is 47.3 cm³/mol. The first kappa shape index (κ1) is 10.4. The van der Waals surface area contributed by atoms with Gasteiger partial charge in [0.05, 0.1) is 0 Å². The number of hydrogen-bond donors (Lipinski definition) is 3. The Labute approximate surface area is 80.8 Å². The Morgan fingerprint density at radius 1 is 1.43 bits per heavy atom. The van der Waals surface area contributed by atoms with Crippen molar-refractivity contribution in [3.8, 4) is 0 Å². The van der Waals surface area contributed by atoms with Crippen LogP contribution in [0.15, 0.2) is 11.4 Å². The molecule has 78 valence electrons. The van der Waals surface area contributed by atoms with Gasteiger partial charge in [0.15, 0.2) is 0 Å². The van der Waals surface area contributed by atoms with Crippen LogP contribution in [-0.2, 0) is 9.59 Å². The molecule has 6 nitrogen and oxygen atoms in total. The number of allylic oxidation sites excluding steroid dienone is 1. The van der Waals surface area contributed by atoms with E-state index in [-0.39, 0.29) is 5.70 Å². The molecule has 0 fully saturated rings. The molecule has 0 aromatic rings. The number of nitrogens with one attached hydrogen (secondary N) is 1. The average molecular weight is 200 g/mol. The van der Waals surface area contributed by atoms with E-state index in [1.54, 1.807) is 6.92 Å². The molecular weight excluding hydrogens is 188 g/mol. The quantitative estimate of drug-likeness (QED) is 0.564. The van der Waals surface area contributed by atoms with Crippen molar-refractivity contribution in [1.82, 2.24) is 10.2 Å². The minimum absolute atomic E-state index is 0.0719. The fourth-order valence-corrected chi connectivity index (χ4v) is 1.33. The van der Waals surface area contributed by atoms with Crippen LogP contribution in [0.25, 0.3) is 0 Å². The van der Waals surface area contributed by atoms with Gasteiger partial charge in [-0.05, 0) is 13.8 Å². The van der Waals surface area contributed by atoms with Crippen LogP contribution in [0, 0.1) is 0 Å². The fourth-order valence-electron chi connectivity index (χ4n) is 1.33. The highest BCUT2D eigenvalue weighted by Gasteiger charge is 2.45. The molecule has 14 heavy (non-hydrogen) atoms. The number of aliphatic carboxylic acids is 2. The first-order valence-electron chi connectivity index (χ1n) is 4.00. The van der Waals surface area contributed by atoms with Gasteiger partial charge in [0.1, 0.15) is 5.70 Å². The molecule has 0 aromatic carbocycles. The summed E-state index contributed by atoms with van der Waals surface area (Å²) < 4.78 is 0. The summed E-state index contributed by atoms with van der Waals surface area (Å²) >= 11 is 0. The molecule has 0 saturated carbocycles. The highest BCUT2D eigenvalue weighted by atomic mass is 16.4. The van der Waals surface area contributed by atoms with Crippen molar-refractivity contribution in [1.29, 1.82) is 0 Å². The lowest BCUT2D eigenvalue weighted by Gasteiger charge is -2.30. The molecule has 0 radical (unpaired) electrons. The molecule has 1 heterocycles. The summed E-state index contributed by atoms with van der Waals surface area (Å²) in [6.45, 7) is 2.97. The molecular formula is C8H12N2O4. The van der Waals surface area contributed by atoms with Crippen LogP contribution in [0.1, 0.15) is 13.8 Å². The molecule has 1 aliphatic heterocycles. The number of carboxylic acids is 2. The molecule has 0 spiro atoms. The summed E-state index contributed by atoms with van der Waals surface area (Å²) in [5.41, 5.74) is -1.04. The highest BCUT2D eigenvalue weighted by Crippen LogP contribution is 2.26. The van der Waals surface area contributed by atoms with E-state index in [1.165, 1.54) is 18.9 Å². The van der Waals surface area contributed by atoms with E-state index in [4.69, 9.17) is 10.2 Å². The number of nitrogens with zero attached hydrogens (tertiary/aromatic N) is 1. The van der Waals surface area contributed by atoms with E-state index in [9.17, 15) is 9.59 Å². The zero-order valence-electron chi connectivity index (χ0n) is 8.16. The number of rotatable bonds is 2. The van der Waals surface area contributed by atoms with Gasteiger partial charge in [0.2, 0.25) is 5.66 Å². The van der Waals surface area contributed by atoms with Gasteiger partial charge in [0.25, 0.3) is 0 Å². The molecule has 1 atom stereocenters. The third kappa shape index (κ3) is 1.19. The standard InChI is InChI=1S/C8H12N2O4/c1-4-5(6(11)12)9-8(2,7(13)14)10(4)3/h9H,1-3H3,(H,11,12)(H,13,14). The van der Waals surface area contributed by atoms with Crippen LogP contribution in [-0.4, -0.2) is 39.8 Å². The second-order valence-electron chi connectivity index (χ2n) is 3.33. The van der Waals surface area contributed by atoms with Crippen molar-refractivity contribution < 1.29 is 19.8 Å². The molecule has 0 aromatic heterocycles. The Hall–Kier alpha value is -1.72. The van der Waals surface area contributed by atoms with E-state index in [1.807, 2.05) is 0 Å². The van der Waals surface area contributed by atoms with Crippen molar-refractivity contribution >= 4 is 11.9 Å². The lowest BCUT2D eigenvalue weighted by atomic mass is 10.2. The highest BCUT2D eigenvalue weighted by molar-refractivity contribution is 5.90. The predicted octanol–water partition coefficient (Wildman–Crippen LogP) is -0.362.